The summed E-state index contributed by atoms with van der Waals surface area (Å²) in [7, 11) is 0. The summed E-state index contributed by atoms with van der Waals surface area (Å²) in [6.07, 6.45) is 4.68. The first-order valence-electron chi connectivity index (χ1n) is 7.88. The van der Waals surface area contributed by atoms with E-state index in [1.165, 1.54) is 12.4 Å². The van der Waals surface area contributed by atoms with Crippen LogP contribution < -0.4 is 0 Å². The summed E-state index contributed by atoms with van der Waals surface area (Å²) in [5.41, 5.74) is 0.631. The number of hydrogen-bond acceptors (Lipinski definition) is 5. The Morgan fingerprint density at radius 2 is 2.04 bits per heavy atom. The van der Waals surface area contributed by atoms with Gasteiger partial charge in [0.1, 0.15) is 5.69 Å². The first-order chi connectivity index (χ1) is 11.6. The zero-order chi connectivity index (χ0) is 17.1. The number of nitrogens with zero attached hydrogens (tertiary/aromatic N) is 5. The molecule has 1 aliphatic heterocycles. The van der Waals surface area contributed by atoms with Crippen molar-refractivity contribution < 1.29 is 9.72 Å². The first-order valence-corrected chi connectivity index (χ1v) is 7.88. The van der Waals surface area contributed by atoms with Gasteiger partial charge in [0.05, 0.1) is 11.3 Å². The van der Waals surface area contributed by atoms with Gasteiger partial charge in [0.15, 0.2) is 0 Å². The van der Waals surface area contributed by atoms with E-state index in [-0.39, 0.29) is 11.6 Å². The molecule has 126 valence electrons. The van der Waals surface area contributed by atoms with Crippen LogP contribution in [0, 0.1) is 10.1 Å². The number of likely N-dealkylation sites (N-methyl/N-ethyl adjacent to an activating group) is 1. The topological polar surface area (TPSA) is 84.5 Å². The summed E-state index contributed by atoms with van der Waals surface area (Å²) < 4.78 is 1.56. The molecule has 0 saturated carbocycles. The van der Waals surface area contributed by atoms with Crippen molar-refractivity contribution in [3.05, 3.63) is 52.6 Å². The van der Waals surface area contributed by atoms with Crippen molar-refractivity contribution in [3.63, 3.8) is 0 Å². The average molecular weight is 329 g/mol. The van der Waals surface area contributed by atoms with Crippen LogP contribution in [0.1, 0.15) is 17.3 Å². The summed E-state index contributed by atoms with van der Waals surface area (Å²) in [6, 6.07) is 4.58. The Bertz CT molecular complexity index is 736. The van der Waals surface area contributed by atoms with Crippen LogP contribution in [-0.2, 0) is 0 Å². The number of nitro groups is 1. The highest BCUT2D eigenvalue weighted by Crippen LogP contribution is 2.25. The molecule has 0 aliphatic carbocycles. The summed E-state index contributed by atoms with van der Waals surface area (Å²) in [6.45, 7) is 6.01. The SMILES string of the molecule is CCN1CCN(C(=O)c2ccc(-n3ccnc3)c([N+](=O)[O-])c2)CC1. The van der Waals surface area contributed by atoms with Crippen molar-refractivity contribution in [2.24, 2.45) is 0 Å². The lowest BCUT2D eigenvalue weighted by atomic mass is 10.1. The fraction of sp³-hybridized carbons (Fsp3) is 0.375. The number of imidazole rings is 1. The van der Waals surface area contributed by atoms with Crippen LogP contribution in [0.5, 0.6) is 0 Å². The Balaban J connectivity index is 1.85. The number of hydrogen-bond donors (Lipinski definition) is 0. The van der Waals surface area contributed by atoms with E-state index in [0.29, 0.717) is 24.3 Å². The molecule has 1 aromatic heterocycles. The lowest BCUT2D eigenvalue weighted by Gasteiger charge is -2.34. The van der Waals surface area contributed by atoms with E-state index in [2.05, 4.69) is 16.8 Å². The zero-order valence-corrected chi connectivity index (χ0v) is 13.5. The molecule has 1 aromatic carbocycles. The highest BCUT2D eigenvalue weighted by atomic mass is 16.6. The summed E-state index contributed by atoms with van der Waals surface area (Å²) in [5.74, 6) is -0.161. The number of aromatic nitrogens is 2. The Morgan fingerprint density at radius 1 is 1.29 bits per heavy atom. The average Bonchev–Trinajstić information content (AvgIpc) is 3.15. The number of benzene rings is 1. The van der Waals surface area contributed by atoms with Crippen LogP contribution in [0.3, 0.4) is 0 Å². The van der Waals surface area contributed by atoms with Crippen LogP contribution >= 0.6 is 0 Å². The normalized spacial score (nSPS) is 15.5. The second kappa shape index (κ2) is 6.79. The van der Waals surface area contributed by atoms with Crippen LogP contribution in [0.4, 0.5) is 5.69 Å². The number of carbonyl (C=O) groups excluding carboxylic acids is 1. The molecule has 8 nitrogen and oxygen atoms in total. The van der Waals surface area contributed by atoms with Crippen molar-refractivity contribution in [2.45, 2.75) is 6.92 Å². The fourth-order valence-electron chi connectivity index (χ4n) is 2.87. The molecule has 1 amide bonds. The van der Waals surface area contributed by atoms with E-state index < -0.39 is 4.92 Å². The van der Waals surface area contributed by atoms with Crippen molar-refractivity contribution in [2.75, 3.05) is 32.7 Å². The van der Waals surface area contributed by atoms with E-state index in [9.17, 15) is 14.9 Å². The van der Waals surface area contributed by atoms with Crippen molar-refractivity contribution >= 4 is 11.6 Å². The largest absolute Gasteiger partial charge is 0.336 e. The van der Waals surface area contributed by atoms with E-state index in [1.54, 1.807) is 34.0 Å². The van der Waals surface area contributed by atoms with E-state index in [1.807, 2.05) is 0 Å². The van der Waals surface area contributed by atoms with Gasteiger partial charge in [-0.05, 0) is 18.7 Å². The lowest BCUT2D eigenvalue weighted by Crippen LogP contribution is -2.48. The third kappa shape index (κ3) is 3.13. The molecule has 0 atom stereocenters. The number of rotatable bonds is 4. The third-order valence-corrected chi connectivity index (χ3v) is 4.31. The first kappa shape index (κ1) is 16.1. The van der Waals surface area contributed by atoms with Crippen LogP contribution in [0.25, 0.3) is 5.69 Å². The van der Waals surface area contributed by atoms with Gasteiger partial charge < -0.3 is 14.4 Å². The van der Waals surface area contributed by atoms with Gasteiger partial charge in [-0.2, -0.15) is 0 Å². The third-order valence-electron chi connectivity index (χ3n) is 4.31. The van der Waals surface area contributed by atoms with Gasteiger partial charge in [0, 0.05) is 50.2 Å². The predicted octanol–water partition coefficient (Wildman–Crippen LogP) is 1.56. The van der Waals surface area contributed by atoms with Crippen molar-refractivity contribution in [1.82, 2.24) is 19.4 Å². The maximum atomic E-state index is 12.6. The number of nitro benzene ring substituents is 1. The van der Waals surface area contributed by atoms with Gasteiger partial charge in [-0.1, -0.05) is 6.92 Å². The maximum absolute atomic E-state index is 12.6. The minimum Gasteiger partial charge on any atom is -0.336 e. The quantitative estimate of drug-likeness (QED) is 0.628. The van der Waals surface area contributed by atoms with Gasteiger partial charge in [-0.25, -0.2) is 4.98 Å². The molecule has 8 heteroatoms. The van der Waals surface area contributed by atoms with Crippen LogP contribution in [0.15, 0.2) is 36.9 Å². The predicted molar refractivity (Wildman–Crippen MR) is 88.2 cm³/mol. The standard InChI is InChI=1S/C16H19N5O3/c1-2-18-7-9-19(10-8-18)16(22)13-3-4-14(15(11-13)21(23)24)20-6-5-17-12-20/h3-6,11-12H,2,7-10H2,1H3. The second-order valence-corrected chi connectivity index (χ2v) is 5.66. The second-order valence-electron chi connectivity index (χ2n) is 5.66. The molecule has 1 aliphatic rings. The monoisotopic (exact) mass is 329 g/mol. The molecule has 1 fully saturated rings. The Kier molecular flexibility index (Phi) is 4.57. The highest BCUT2D eigenvalue weighted by molar-refractivity contribution is 5.95. The van der Waals surface area contributed by atoms with E-state index in [0.717, 1.165) is 19.6 Å². The molecule has 3 rings (SSSR count). The maximum Gasteiger partial charge on any atom is 0.294 e. The lowest BCUT2D eigenvalue weighted by molar-refractivity contribution is -0.384. The Hall–Kier alpha value is -2.74. The van der Waals surface area contributed by atoms with Gasteiger partial charge >= 0.3 is 0 Å². The van der Waals surface area contributed by atoms with Crippen molar-refractivity contribution in [1.29, 1.82) is 0 Å². The molecular weight excluding hydrogens is 310 g/mol. The molecule has 0 radical (unpaired) electrons. The number of carbonyl (C=O) groups is 1. The molecule has 2 aromatic rings. The molecule has 24 heavy (non-hydrogen) atoms. The van der Waals surface area contributed by atoms with Crippen molar-refractivity contribution in [3.8, 4) is 5.69 Å². The minimum absolute atomic E-state index is 0.106. The molecular formula is C16H19N5O3. The Morgan fingerprint density at radius 3 is 2.62 bits per heavy atom. The summed E-state index contributed by atoms with van der Waals surface area (Å²) in [4.78, 5) is 31.5. The minimum atomic E-state index is -0.471. The molecule has 0 N–H and O–H groups in total. The van der Waals surface area contributed by atoms with E-state index >= 15 is 0 Å². The van der Waals surface area contributed by atoms with Crippen LogP contribution in [0.2, 0.25) is 0 Å². The fourth-order valence-corrected chi connectivity index (χ4v) is 2.87. The molecule has 0 spiro atoms. The molecule has 1 saturated heterocycles. The van der Waals surface area contributed by atoms with Gasteiger partial charge in [0.25, 0.3) is 11.6 Å². The molecule has 0 unspecified atom stereocenters. The molecule has 0 bridgehead atoms. The van der Waals surface area contributed by atoms with Gasteiger partial charge in [-0.3, -0.25) is 14.9 Å². The Labute approximate surface area is 139 Å². The number of piperazine rings is 1. The summed E-state index contributed by atoms with van der Waals surface area (Å²) >= 11 is 0. The van der Waals surface area contributed by atoms with Crippen LogP contribution in [-0.4, -0.2) is 62.9 Å². The smallest absolute Gasteiger partial charge is 0.294 e. The molecule has 2 heterocycles. The number of amides is 1. The van der Waals surface area contributed by atoms with Gasteiger partial charge in [-0.15, -0.1) is 0 Å². The zero-order valence-electron chi connectivity index (χ0n) is 13.5. The highest BCUT2D eigenvalue weighted by Gasteiger charge is 2.24. The van der Waals surface area contributed by atoms with Gasteiger partial charge in [0.2, 0.25) is 0 Å². The summed E-state index contributed by atoms with van der Waals surface area (Å²) in [5, 5.41) is 11.4. The van der Waals surface area contributed by atoms with E-state index in [4.69, 9.17) is 0 Å².